The molecule has 2 heterocycles. The van der Waals surface area contributed by atoms with E-state index < -0.39 is 5.91 Å². The van der Waals surface area contributed by atoms with Crippen LogP contribution in [0.4, 0.5) is 0 Å². The summed E-state index contributed by atoms with van der Waals surface area (Å²) in [5, 5.41) is 13.2. The lowest BCUT2D eigenvalue weighted by atomic mass is 10.1. The smallest absolute Gasteiger partial charge is 0.274 e. The normalized spacial score (nSPS) is 13.0. The third-order valence-electron chi connectivity index (χ3n) is 5.33. The van der Waals surface area contributed by atoms with E-state index in [0.29, 0.717) is 23.7 Å². The number of hydroxylamine groups is 1. The zero-order valence-electron chi connectivity index (χ0n) is 17.4. The summed E-state index contributed by atoms with van der Waals surface area (Å²) in [6, 6.07) is 16.7. The highest BCUT2D eigenvalue weighted by atomic mass is 32.1. The fraction of sp³-hybridized carbons (Fsp3) is 0.167. The van der Waals surface area contributed by atoms with Gasteiger partial charge in [-0.3, -0.25) is 14.8 Å². The van der Waals surface area contributed by atoms with Gasteiger partial charge in [0.1, 0.15) is 5.69 Å². The van der Waals surface area contributed by atoms with Crippen molar-refractivity contribution in [1.82, 2.24) is 20.8 Å². The second-order valence-electron chi connectivity index (χ2n) is 7.72. The van der Waals surface area contributed by atoms with Gasteiger partial charge in [-0.05, 0) is 42.0 Å². The summed E-state index contributed by atoms with van der Waals surface area (Å²) in [4.78, 5) is 35.8. The lowest BCUT2D eigenvalue weighted by Crippen LogP contribution is -2.24. The van der Waals surface area contributed by atoms with Gasteiger partial charge in [-0.25, -0.2) is 15.4 Å². The molecule has 3 N–H and O–H groups in total. The van der Waals surface area contributed by atoms with Crippen molar-refractivity contribution < 1.29 is 14.8 Å². The molecule has 1 fully saturated rings. The van der Waals surface area contributed by atoms with Crippen molar-refractivity contribution in [2.45, 2.75) is 25.3 Å². The maximum atomic E-state index is 13.0. The number of carbonyl (C=O) groups excluding carboxylic acids is 2. The summed E-state index contributed by atoms with van der Waals surface area (Å²) in [5.41, 5.74) is 4.37. The van der Waals surface area contributed by atoms with Gasteiger partial charge in [0, 0.05) is 23.2 Å². The van der Waals surface area contributed by atoms with Crippen LogP contribution in [0, 0.1) is 0 Å². The van der Waals surface area contributed by atoms with Crippen LogP contribution in [0.3, 0.4) is 0 Å². The molecule has 2 amide bonds. The van der Waals surface area contributed by atoms with Crippen LogP contribution >= 0.6 is 22.7 Å². The molecular weight excluding hydrogens is 456 g/mol. The Morgan fingerprint density at radius 2 is 1.73 bits per heavy atom. The van der Waals surface area contributed by atoms with Gasteiger partial charge in [-0.2, -0.15) is 0 Å². The van der Waals surface area contributed by atoms with Crippen molar-refractivity contribution in [3.05, 3.63) is 82.5 Å². The van der Waals surface area contributed by atoms with Gasteiger partial charge < -0.3 is 5.32 Å². The third kappa shape index (κ3) is 4.70. The van der Waals surface area contributed by atoms with Gasteiger partial charge in [0.15, 0.2) is 10.0 Å². The first kappa shape index (κ1) is 21.4. The highest BCUT2D eigenvalue weighted by molar-refractivity contribution is 7.23. The molecule has 33 heavy (non-hydrogen) atoms. The fourth-order valence-electron chi connectivity index (χ4n) is 3.42. The second kappa shape index (κ2) is 9.22. The molecule has 0 spiro atoms. The van der Waals surface area contributed by atoms with E-state index in [-0.39, 0.29) is 5.91 Å². The van der Waals surface area contributed by atoms with Gasteiger partial charge in [0.05, 0.1) is 4.88 Å². The molecule has 4 aromatic rings. The van der Waals surface area contributed by atoms with E-state index in [0.717, 1.165) is 43.7 Å². The van der Waals surface area contributed by atoms with Crippen LogP contribution in [0.1, 0.15) is 50.0 Å². The van der Waals surface area contributed by atoms with E-state index in [2.05, 4.69) is 27.4 Å². The van der Waals surface area contributed by atoms with Crippen LogP contribution in [0.5, 0.6) is 0 Å². The minimum absolute atomic E-state index is 0.212. The molecule has 9 heteroatoms. The number of amides is 2. The average molecular weight is 477 g/mol. The highest BCUT2D eigenvalue weighted by Gasteiger charge is 2.32. The van der Waals surface area contributed by atoms with Crippen molar-refractivity contribution in [1.29, 1.82) is 0 Å². The summed E-state index contributed by atoms with van der Waals surface area (Å²) in [6.45, 7) is 0.312. The lowest BCUT2D eigenvalue weighted by molar-refractivity contribution is 0.0706. The number of benzene rings is 2. The molecule has 166 valence electrons. The molecule has 1 aliphatic carbocycles. The Kier molecular flexibility index (Phi) is 5.99. The minimum atomic E-state index is -0.577. The summed E-state index contributed by atoms with van der Waals surface area (Å²) in [5.74, 6) is -0.398. The van der Waals surface area contributed by atoms with E-state index in [9.17, 15) is 9.59 Å². The molecule has 7 nitrogen and oxygen atoms in total. The molecule has 5 rings (SSSR count). The van der Waals surface area contributed by atoms with Crippen LogP contribution in [-0.2, 0) is 6.54 Å². The average Bonchev–Trinajstić information content (AvgIpc) is 3.41. The van der Waals surface area contributed by atoms with Crippen LogP contribution in [-0.4, -0.2) is 27.0 Å². The Morgan fingerprint density at radius 1 is 0.970 bits per heavy atom. The van der Waals surface area contributed by atoms with E-state index in [1.165, 1.54) is 0 Å². The van der Waals surface area contributed by atoms with Gasteiger partial charge in [0.25, 0.3) is 11.8 Å². The first-order valence-electron chi connectivity index (χ1n) is 10.5. The Labute approximate surface area is 198 Å². The molecular formula is C24H20N4O3S2. The predicted octanol–water partition coefficient (Wildman–Crippen LogP) is 4.86. The number of thiazole rings is 2. The maximum absolute atomic E-state index is 13.0. The first-order valence-corrected chi connectivity index (χ1v) is 12.1. The highest BCUT2D eigenvalue weighted by Crippen LogP contribution is 2.46. The second-order valence-corrected chi connectivity index (χ2v) is 9.78. The topological polar surface area (TPSA) is 104 Å². The number of rotatable bonds is 7. The van der Waals surface area contributed by atoms with Crippen molar-refractivity contribution in [2.75, 3.05) is 0 Å². The number of hydrogen-bond donors (Lipinski definition) is 3. The van der Waals surface area contributed by atoms with Gasteiger partial charge >= 0.3 is 0 Å². The molecule has 0 unspecified atom stereocenters. The first-order chi connectivity index (χ1) is 16.1. The van der Waals surface area contributed by atoms with Crippen molar-refractivity contribution in [3.63, 3.8) is 0 Å². The zero-order chi connectivity index (χ0) is 22.8. The summed E-state index contributed by atoms with van der Waals surface area (Å²) in [6.07, 6.45) is 4.00. The van der Waals surface area contributed by atoms with E-state index in [1.54, 1.807) is 52.4 Å². The summed E-state index contributed by atoms with van der Waals surface area (Å²) < 4.78 is 0. The SMILES string of the molecule is O=C(NO)c1ccc(CNC(=O)c2nc(-c3ncc(-c4ccccc4)s3)sc2C2CC2)cc1. The Balaban J connectivity index is 1.33. The molecule has 0 atom stereocenters. The Hall–Kier alpha value is -3.40. The van der Waals surface area contributed by atoms with Crippen LogP contribution < -0.4 is 10.8 Å². The van der Waals surface area contributed by atoms with E-state index in [1.807, 2.05) is 24.4 Å². The van der Waals surface area contributed by atoms with Crippen LogP contribution in [0.2, 0.25) is 0 Å². The van der Waals surface area contributed by atoms with Crippen LogP contribution in [0.15, 0.2) is 60.8 Å². The van der Waals surface area contributed by atoms with Gasteiger partial charge in [0.2, 0.25) is 0 Å². The largest absolute Gasteiger partial charge is 0.347 e. The number of carbonyl (C=O) groups is 2. The number of nitrogens with one attached hydrogen (secondary N) is 2. The van der Waals surface area contributed by atoms with Crippen molar-refractivity contribution in [3.8, 4) is 20.5 Å². The molecule has 1 saturated carbocycles. The number of nitrogens with zero attached hydrogens (tertiary/aromatic N) is 2. The van der Waals surface area contributed by atoms with E-state index in [4.69, 9.17) is 5.21 Å². The monoisotopic (exact) mass is 476 g/mol. The maximum Gasteiger partial charge on any atom is 0.274 e. The molecule has 0 radical (unpaired) electrons. The van der Waals surface area contributed by atoms with E-state index >= 15 is 0 Å². The standard InChI is InChI=1S/C24H20N4O3S2/c29-21(28-31)17-8-6-14(7-9-17)12-25-22(30)19-20(16-10-11-16)33-24(27-19)23-26-13-18(32-23)15-4-2-1-3-5-15/h1-9,13,16,31H,10-12H2,(H,25,30)(H,28,29). The molecule has 0 saturated heterocycles. The predicted molar refractivity (Wildman–Crippen MR) is 127 cm³/mol. The molecule has 1 aliphatic rings. The molecule has 0 aliphatic heterocycles. The van der Waals surface area contributed by atoms with Crippen molar-refractivity contribution in [2.24, 2.45) is 0 Å². The summed E-state index contributed by atoms with van der Waals surface area (Å²) >= 11 is 3.13. The quantitative estimate of drug-likeness (QED) is 0.261. The van der Waals surface area contributed by atoms with Crippen molar-refractivity contribution >= 4 is 34.5 Å². The van der Waals surface area contributed by atoms with Crippen LogP contribution in [0.25, 0.3) is 20.5 Å². The minimum Gasteiger partial charge on any atom is -0.347 e. The Morgan fingerprint density at radius 3 is 2.42 bits per heavy atom. The fourth-order valence-corrected chi connectivity index (χ4v) is 5.60. The molecule has 2 aromatic carbocycles. The molecule has 2 aromatic heterocycles. The zero-order valence-corrected chi connectivity index (χ0v) is 19.1. The third-order valence-corrected chi connectivity index (χ3v) is 7.74. The lowest BCUT2D eigenvalue weighted by Gasteiger charge is -2.06. The summed E-state index contributed by atoms with van der Waals surface area (Å²) in [7, 11) is 0. The Bertz CT molecular complexity index is 1300. The van der Waals surface area contributed by atoms with Gasteiger partial charge in [-0.1, -0.05) is 42.5 Å². The number of aromatic nitrogens is 2. The molecule has 0 bridgehead atoms. The van der Waals surface area contributed by atoms with Gasteiger partial charge in [-0.15, -0.1) is 22.7 Å². The number of hydrogen-bond acceptors (Lipinski definition) is 7.